The molecule has 2 heterocycles. The maximum Gasteiger partial charge on any atom is 0.407 e. The minimum absolute atomic E-state index is 0.434. The lowest BCUT2D eigenvalue weighted by atomic mass is 10.1. The van der Waals surface area contributed by atoms with Crippen molar-refractivity contribution >= 4 is 17.7 Å². The first-order valence-corrected chi connectivity index (χ1v) is 7.57. The summed E-state index contributed by atoms with van der Waals surface area (Å²) >= 11 is 6.30. The molecule has 1 aromatic heterocycles. The lowest BCUT2D eigenvalue weighted by Crippen LogP contribution is -2.31. The van der Waals surface area contributed by atoms with Crippen molar-refractivity contribution in [2.45, 2.75) is 19.3 Å². The van der Waals surface area contributed by atoms with Gasteiger partial charge in [-0.2, -0.15) is 0 Å². The minimum atomic E-state index is -0.901. The molecule has 0 radical (unpaired) electrons. The maximum absolute atomic E-state index is 11.1. The van der Waals surface area contributed by atoms with Gasteiger partial charge in [0.2, 0.25) is 0 Å². The standard InChI is InChI=1S/C16H16ClN3O2/c17-15-12-6-8-20(16(21)22)9-7-13(12)18-14(19-15)10-11-4-2-1-3-5-11/h1-5H,6-10H2,(H,21,22). The monoisotopic (exact) mass is 317 g/mol. The van der Waals surface area contributed by atoms with Crippen molar-refractivity contribution in [3.05, 3.63) is 58.1 Å². The number of carbonyl (C=O) groups is 1. The Labute approximate surface area is 133 Å². The van der Waals surface area contributed by atoms with E-state index in [2.05, 4.69) is 9.97 Å². The van der Waals surface area contributed by atoms with Crippen molar-refractivity contribution in [2.75, 3.05) is 13.1 Å². The van der Waals surface area contributed by atoms with E-state index >= 15 is 0 Å². The number of hydrogen-bond donors (Lipinski definition) is 1. The number of carboxylic acid groups (broad SMARTS) is 1. The SMILES string of the molecule is O=C(O)N1CCc2nc(Cc3ccccc3)nc(Cl)c2CC1. The molecule has 0 spiro atoms. The summed E-state index contributed by atoms with van der Waals surface area (Å²) in [5.41, 5.74) is 2.87. The average Bonchev–Trinajstić information content (AvgIpc) is 2.71. The molecule has 0 unspecified atom stereocenters. The Hall–Kier alpha value is -2.14. The van der Waals surface area contributed by atoms with E-state index in [0.717, 1.165) is 16.8 Å². The van der Waals surface area contributed by atoms with Crippen LogP contribution in [-0.4, -0.2) is 39.2 Å². The molecular formula is C16H16ClN3O2. The number of benzene rings is 1. The highest BCUT2D eigenvalue weighted by Crippen LogP contribution is 2.22. The van der Waals surface area contributed by atoms with Crippen LogP contribution in [0.25, 0.3) is 0 Å². The molecule has 0 saturated carbocycles. The zero-order chi connectivity index (χ0) is 15.5. The van der Waals surface area contributed by atoms with Crippen LogP contribution < -0.4 is 0 Å². The summed E-state index contributed by atoms with van der Waals surface area (Å²) in [6, 6.07) is 9.97. The Kier molecular flexibility index (Phi) is 4.24. The van der Waals surface area contributed by atoms with Crippen LogP contribution in [-0.2, 0) is 19.3 Å². The molecule has 114 valence electrons. The van der Waals surface area contributed by atoms with Crippen molar-refractivity contribution in [1.29, 1.82) is 0 Å². The number of aromatic nitrogens is 2. The summed E-state index contributed by atoms with van der Waals surface area (Å²) in [6.45, 7) is 0.879. The van der Waals surface area contributed by atoms with Crippen molar-refractivity contribution < 1.29 is 9.90 Å². The smallest absolute Gasteiger partial charge is 0.407 e. The van der Waals surface area contributed by atoms with Gasteiger partial charge < -0.3 is 10.0 Å². The second-order valence-electron chi connectivity index (χ2n) is 5.29. The summed E-state index contributed by atoms with van der Waals surface area (Å²) in [5.74, 6) is 0.679. The number of amides is 1. The van der Waals surface area contributed by atoms with Crippen LogP contribution in [0.3, 0.4) is 0 Å². The first kappa shape index (κ1) is 14.8. The van der Waals surface area contributed by atoms with Gasteiger partial charge in [0.15, 0.2) is 0 Å². The summed E-state index contributed by atoms with van der Waals surface area (Å²) in [6.07, 6.45) is 0.857. The fourth-order valence-electron chi connectivity index (χ4n) is 2.65. The molecule has 6 heteroatoms. The molecule has 3 rings (SSSR count). The number of halogens is 1. The fourth-order valence-corrected chi connectivity index (χ4v) is 2.95. The van der Waals surface area contributed by atoms with E-state index in [4.69, 9.17) is 16.7 Å². The van der Waals surface area contributed by atoms with Gasteiger partial charge in [0, 0.05) is 31.5 Å². The van der Waals surface area contributed by atoms with E-state index in [1.54, 1.807) is 0 Å². The molecule has 1 aliphatic rings. The third-order valence-corrected chi connectivity index (χ3v) is 4.13. The van der Waals surface area contributed by atoms with Crippen LogP contribution in [0.4, 0.5) is 4.79 Å². The molecule has 0 saturated heterocycles. The zero-order valence-corrected chi connectivity index (χ0v) is 12.8. The number of hydrogen-bond acceptors (Lipinski definition) is 3. The van der Waals surface area contributed by atoms with E-state index in [-0.39, 0.29) is 0 Å². The summed E-state index contributed by atoms with van der Waals surface area (Å²) < 4.78 is 0. The lowest BCUT2D eigenvalue weighted by molar-refractivity contribution is 0.147. The largest absolute Gasteiger partial charge is 0.465 e. The Morgan fingerprint density at radius 3 is 2.64 bits per heavy atom. The van der Waals surface area contributed by atoms with E-state index < -0.39 is 6.09 Å². The van der Waals surface area contributed by atoms with Gasteiger partial charge >= 0.3 is 6.09 Å². The van der Waals surface area contributed by atoms with Crippen molar-refractivity contribution in [2.24, 2.45) is 0 Å². The van der Waals surface area contributed by atoms with Crippen molar-refractivity contribution in [3.63, 3.8) is 0 Å². The van der Waals surface area contributed by atoms with Gasteiger partial charge in [-0.25, -0.2) is 14.8 Å². The first-order valence-electron chi connectivity index (χ1n) is 7.19. The predicted octanol–water partition coefficient (Wildman–Crippen LogP) is 2.80. The van der Waals surface area contributed by atoms with Crippen LogP contribution in [0.1, 0.15) is 22.6 Å². The minimum Gasteiger partial charge on any atom is -0.465 e. The van der Waals surface area contributed by atoms with Crippen molar-refractivity contribution in [1.82, 2.24) is 14.9 Å². The molecule has 0 fully saturated rings. The van der Waals surface area contributed by atoms with Crippen molar-refractivity contribution in [3.8, 4) is 0 Å². The quantitative estimate of drug-likeness (QED) is 0.865. The van der Waals surface area contributed by atoms with Gasteiger partial charge in [0.05, 0.1) is 5.69 Å². The Morgan fingerprint density at radius 1 is 1.18 bits per heavy atom. The second-order valence-corrected chi connectivity index (χ2v) is 5.65. The molecule has 22 heavy (non-hydrogen) atoms. The van der Waals surface area contributed by atoms with Gasteiger partial charge in [0.25, 0.3) is 0 Å². The fraction of sp³-hybridized carbons (Fsp3) is 0.312. The molecular weight excluding hydrogens is 302 g/mol. The summed E-state index contributed by atoms with van der Waals surface area (Å²) in [4.78, 5) is 21.5. The third-order valence-electron chi connectivity index (χ3n) is 3.81. The molecule has 1 amide bonds. The van der Waals surface area contributed by atoms with Crippen LogP contribution in [0.15, 0.2) is 30.3 Å². The number of fused-ring (bicyclic) bond motifs is 1. The van der Waals surface area contributed by atoms with Gasteiger partial charge in [-0.1, -0.05) is 41.9 Å². The number of rotatable bonds is 2. The van der Waals surface area contributed by atoms with Crippen LogP contribution >= 0.6 is 11.6 Å². The maximum atomic E-state index is 11.1. The highest BCUT2D eigenvalue weighted by molar-refractivity contribution is 6.30. The summed E-state index contributed by atoms with van der Waals surface area (Å²) in [7, 11) is 0. The number of nitrogens with zero attached hydrogens (tertiary/aromatic N) is 3. The molecule has 0 bridgehead atoms. The lowest BCUT2D eigenvalue weighted by Gasteiger charge is -2.14. The van der Waals surface area contributed by atoms with E-state index in [1.165, 1.54) is 4.90 Å². The second kappa shape index (κ2) is 6.32. The van der Waals surface area contributed by atoms with Gasteiger partial charge in [-0.3, -0.25) is 0 Å². The summed E-state index contributed by atoms with van der Waals surface area (Å²) in [5, 5.41) is 9.57. The normalized spacial score (nSPS) is 14.3. The Balaban J connectivity index is 1.86. The molecule has 5 nitrogen and oxygen atoms in total. The topological polar surface area (TPSA) is 66.3 Å². The van der Waals surface area contributed by atoms with Crippen LogP contribution in [0.2, 0.25) is 5.15 Å². The highest BCUT2D eigenvalue weighted by atomic mass is 35.5. The molecule has 0 aliphatic carbocycles. The molecule has 1 aromatic carbocycles. The predicted molar refractivity (Wildman–Crippen MR) is 83.3 cm³/mol. The molecule has 2 aromatic rings. The van der Waals surface area contributed by atoms with E-state index in [0.29, 0.717) is 43.3 Å². The Morgan fingerprint density at radius 2 is 1.91 bits per heavy atom. The van der Waals surface area contributed by atoms with Crippen LogP contribution in [0.5, 0.6) is 0 Å². The van der Waals surface area contributed by atoms with E-state index in [1.807, 2.05) is 30.3 Å². The van der Waals surface area contributed by atoms with E-state index in [9.17, 15) is 4.79 Å². The Bertz CT molecular complexity index is 691. The highest BCUT2D eigenvalue weighted by Gasteiger charge is 2.21. The van der Waals surface area contributed by atoms with Gasteiger partial charge in [-0.05, 0) is 12.0 Å². The zero-order valence-electron chi connectivity index (χ0n) is 12.0. The van der Waals surface area contributed by atoms with Crippen LogP contribution in [0, 0.1) is 0 Å². The average molecular weight is 318 g/mol. The molecule has 1 N–H and O–H groups in total. The third kappa shape index (κ3) is 3.20. The molecule has 0 atom stereocenters. The van der Waals surface area contributed by atoms with Gasteiger partial charge in [0.1, 0.15) is 11.0 Å². The van der Waals surface area contributed by atoms with Gasteiger partial charge in [-0.15, -0.1) is 0 Å². The molecule has 1 aliphatic heterocycles. The first-order chi connectivity index (χ1) is 10.6.